The Bertz CT molecular complexity index is 375. The predicted octanol–water partition coefficient (Wildman–Crippen LogP) is 2.56. The molecule has 86 valence electrons. The van der Waals surface area contributed by atoms with Gasteiger partial charge in [-0.15, -0.1) is 0 Å². The van der Waals surface area contributed by atoms with Gasteiger partial charge in [0.1, 0.15) is 0 Å². The fourth-order valence-corrected chi connectivity index (χ4v) is 2.93. The molecule has 0 saturated carbocycles. The topological polar surface area (TPSA) is 41.1 Å². The normalized spacial score (nSPS) is 19.4. The van der Waals surface area contributed by atoms with Crippen molar-refractivity contribution in [2.24, 2.45) is 0 Å². The Labute approximate surface area is 100.0 Å². The standard InChI is InChI=1S/C12H16N2OS/c1-9(15)13-10-3-2-4-11(7-10)14-12-5-6-16-8-12/h2-4,7,12,14H,5-6,8H2,1H3,(H,13,15). The van der Waals surface area contributed by atoms with Gasteiger partial charge in [0, 0.05) is 30.1 Å². The van der Waals surface area contributed by atoms with Crippen LogP contribution in [0.4, 0.5) is 11.4 Å². The minimum Gasteiger partial charge on any atom is -0.381 e. The van der Waals surface area contributed by atoms with E-state index < -0.39 is 0 Å². The van der Waals surface area contributed by atoms with Crippen molar-refractivity contribution in [1.82, 2.24) is 0 Å². The summed E-state index contributed by atoms with van der Waals surface area (Å²) in [7, 11) is 0. The Morgan fingerprint density at radius 3 is 2.94 bits per heavy atom. The van der Waals surface area contributed by atoms with Crippen LogP contribution in [0.15, 0.2) is 24.3 Å². The molecular weight excluding hydrogens is 220 g/mol. The zero-order valence-electron chi connectivity index (χ0n) is 9.32. The molecule has 1 aliphatic rings. The summed E-state index contributed by atoms with van der Waals surface area (Å²) in [6.07, 6.45) is 1.22. The van der Waals surface area contributed by atoms with Crippen molar-refractivity contribution >= 4 is 29.0 Å². The van der Waals surface area contributed by atoms with Crippen LogP contribution in [0.3, 0.4) is 0 Å². The lowest BCUT2D eigenvalue weighted by molar-refractivity contribution is -0.114. The summed E-state index contributed by atoms with van der Waals surface area (Å²) in [6, 6.07) is 8.43. The molecule has 4 heteroatoms. The smallest absolute Gasteiger partial charge is 0.221 e. The maximum absolute atomic E-state index is 10.9. The van der Waals surface area contributed by atoms with E-state index >= 15 is 0 Å². The van der Waals surface area contributed by atoms with Crippen molar-refractivity contribution in [3.05, 3.63) is 24.3 Å². The summed E-state index contributed by atoms with van der Waals surface area (Å²) < 4.78 is 0. The molecular formula is C12H16N2OS. The SMILES string of the molecule is CC(=O)Nc1cccc(NC2CCSC2)c1. The van der Waals surface area contributed by atoms with E-state index in [1.165, 1.54) is 24.9 Å². The van der Waals surface area contributed by atoms with E-state index in [2.05, 4.69) is 10.6 Å². The quantitative estimate of drug-likeness (QED) is 0.847. The van der Waals surface area contributed by atoms with E-state index in [1.54, 1.807) is 0 Å². The molecule has 2 rings (SSSR count). The molecule has 1 atom stereocenters. The van der Waals surface area contributed by atoms with E-state index in [9.17, 15) is 4.79 Å². The number of rotatable bonds is 3. The van der Waals surface area contributed by atoms with Gasteiger partial charge in [0.15, 0.2) is 0 Å². The van der Waals surface area contributed by atoms with Gasteiger partial charge in [0.25, 0.3) is 0 Å². The van der Waals surface area contributed by atoms with Gasteiger partial charge < -0.3 is 10.6 Å². The minimum atomic E-state index is -0.0337. The van der Waals surface area contributed by atoms with E-state index in [1.807, 2.05) is 36.0 Å². The molecule has 16 heavy (non-hydrogen) atoms. The van der Waals surface area contributed by atoms with E-state index in [0.29, 0.717) is 6.04 Å². The first-order chi connectivity index (χ1) is 7.74. The molecule has 1 heterocycles. The van der Waals surface area contributed by atoms with Crippen LogP contribution in [0.2, 0.25) is 0 Å². The van der Waals surface area contributed by atoms with Gasteiger partial charge in [-0.05, 0) is 30.4 Å². The molecule has 1 amide bonds. The zero-order chi connectivity index (χ0) is 11.4. The first kappa shape index (κ1) is 11.3. The largest absolute Gasteiger partial charge is 0.381 e. The monoisotopic (exact) mass is 236 g/mol. The highest BCUT2D eigenvalue weighted by Crippen LogP contribution is 2.22. The van der Waals surface area contributed by atoms with Crippen LogP contribution in [-0.2, 0) is 4.79 Å². The molecule has 1 aromatic carbocycles. The Hall–Kier alpha value is -1.16. The van der Waals surface area contributed by atoms with Crippen LogP contribution in [0.1, 0.15) is 13.3 Å². The van der Waals surface area contributed by atoms with Crippen LogP contribution < -0.4 is 10.6 Å². The van der Waals surface area contributed by atoms with E-state index in [0.717, 1.165) is 11.4 Å². The Morgan fingerprint density at radius 1 is 1.44 bits per heavy atom. The number of hydrogen-bond acceptors (Lipinski definition) is 3. The molecule has 0 radical (unpaired) electrons. The van der Waals surface area contributed by atoms with Crippen LogP contribution in [-0.4, -0.2) is 23.5 Å². The molecule has 1 aromatic rings. The lowest BCUT2D eigenvalue weighted by atomic mass is 10.2. The third-order valence-corrected chi connectivity index (χ3v) is 3.65. The molecule has 1 aliphatic heterocycles. The molecule has 1 unspecified atom stereocenters. The fourth-order valence-electron chi connectivity index (χ4n) is 1.77. The van der Waals surface area contributed by atoms with Crippen LogP contribution >= 0.6 is 11.8 Å². The summed E-state index contributed by atoms with van der Waals surface area (Å²) in [6.45, 7) is 1.52. The second-order valence-corrected chi connectivity index (χ2v) is 5.12. The molecule has 1 saturated heterocycles. The summed E-state index contributed by atoms with van der Waals surface area (Å²) in [5.41, 5.74) is 1.93. The van der Waals surface area contributed by atoms with Gasteiger partial charge in [0.05, 0.1) is 0 Å². The van der Waals surface area contributed by atoms with Crippen molar-refractivity contribution in [1.29, 1.82) is 0 Å². The van der Waals surface area contributed by atoms with Gasteiger partial charge in [-0.25, -0.2) is 0 Å². The number of anilines is 2. The Balaban J connectivity index is 2.00. The molecule has 1 fully saturated rings. The van der Waals surface area contributed by atoms with E-state index in [4.69, 9.17) is 0 Å². The Morgan fingerprint density at radius 2 is 2.25 bits per heavy atom. The minimum absolute atomic E-state index is 0.0337. The Kier molecular flexibility index (Phi) is 3.72. The number of nitrogens with one attached hydrogen (secondary N) is 2. The summed E-state index contributed by atoms with van der Waals surface area (Å²) in [5.74, 6) is 2.38. The van der Waals surface area contributed by atoms with Crippen molar-refractivity contribution in [2.75, 3.05) is 22.1 Å². The number of carbonyl (C=O) groups excluding carboxylic acids is 1. The van der Waals surface area contributed by atoms with Crippen molar-refractivity contribution in [3.63, 3.8) is 0 Å². The van der Waals surface area contributed by atoms with Gasteiger partial charge in [-0.3, -0.25) is 4.79 Å². The number of benzene rings is 1. The van der Waals surface area contributed by atoms with Gasteiger partial charge in [-0.1, -0.05) is 6.07 Å². The first-order valence-corrected chi connectivity index (χ1v) is 6.61. The average molecular weight is 236 g/mol. The molecule has 2 N–H and O–H groups in total. The summed E-state index contributed by atoms with van der Waals surface area (Å²) >= 11 is 1.98. The lowest BCUT2D eigenvalue weighted by Gasteiger charge is -2.13. The highest BCUT2D eigenvalue weighted by Gasteiger charge is 2.14. The zero-order valence-corrected chi connectivity index (χ0v) is 10.1. The molecule has 3 nitrogen and oxygen atoms in total. The number of amides is 1. The molecule has 0 spiro atoms. The number of thioether (sulfide) groups is 1. The van der Waals surface area contributed by atoms with E-state index in [-0.39, 0.29) is 5.91 Å². The van der Waals surface area contributed by atoms with Gasteiger partial charge in [0.2, 0.25) is 5.91 Å². The third-order valence-electron chi connectivity index (χ3n) is 2.48. The lowest BCUT2D eigenvalue weighted by Crippen LogP contribution is -2.18. The highest BCUT2D eigenvalue weighted by atomic mass is 32.2. The van der Waals surface area contributed by atoms with Crippen molar-refractivity contribution in [2.45, 2.75) is 19.4 Å². The van der Waals surface area contributed by atoms with Gasteiger partial charge >= 0.3 is 0 Å². The predicted molar refractivity (Wildman–Crippen MR) is 70.1 cm³/mol. The molecule has 0 aliphatic carbocycles. The molecule has 0 aromatic heterocycles. The second kappa shape index (κ2) is 5.25. The maximum Gasteiger partial charge on any atom is 0.221 e. The van der Waals surface area contributed by atoms with Gasteiger partial charge in [-0.2, -0.15) is 11.8 Å². The summed E-state index contributed by atoms with van der Waals surface area (Å²) in [4.78, 5) is 10.9. The van der Waals surface area contributed by atoms with Crippen LogP contribution in [0.25, 0.3) is 0 Å². The van der Waals surface area contributed by atoms with Crippen molar-refractivity contribution < 1.29 is 4.79 Å². The maximum atomic E-state index is 10.9. The number of carbonyl (C=O) groups is 1. The average Bonchev–Trinajstić information content (AvgIpc) is 2.70. The highest BCUT2D eigenvalue weighted by molar-refractivity contribution is 7.99. The summed E-state index contributed by atoms with van der Waals surface area (Å²) in [5, 5.41) is 6.27. The second-order valence-electron chi connectivity index (χ2n) is 3.97. The number of hydrogen-bond donors (Lipinski definition) is 2. The van der Waals surface area contributed by atoms with Crippen molar-refractivity contribution in [3.8, 4) is 0 Å². The first-order valence-electron chi connectivity index (χ1n) is 5.46. The van der Waals surface area contributed by atoms with Crippen LogP contribution in [0.5, 0.6) is 0 Å². The van der Waals surface area contributed by atoms with Crippen LogP contribution in [0, 0.1) is 0 Å². The molecule has 0 bridgehead atoms. The third kappa shape index (κ3) is 3.17. The fraction of sp³-hybridized carbons (Fsp3) is 0.417.